The highest BCUT2D eigenvalue weighted by molar-refractivity contribution is 5.80. The third-order valence-electron chi connectivity index (χ3n) is 2.56. The van der Waals surface area contributed by atoms with Gasteiger partial charge in [0.05, 0.1) is 6.26 Å². The average Bonchev–Trinajstić information content (AvgIpc) is 2.69. The summed E-state index contributed by atoms with van der Waals surface area (Å²) >= 11 is 0. The quantitative estimate of drug-likeness (QED) is 0.799. The Kier molecular flexibility index (Phi) is 3.04. The smallest absolute Gasteiger partial charge is 0.134 e. The zero-order valence-corrected chi connectivity index (χ0v) is 8.86. The van der Waals surface area contributed by atoms with Crippen molar-refractivity contribution < 1.29 is 4.42 Å². The van der Waals surface area contributed by atoms with Crippen LogP contribution in [0.25, 0.3) is 11.0 Å². The van der Waals surface area contributed by atoms with Crippen molar-refractivity contribution in [2.24, 2.45) is 5.73 Å². The first kappa shape index (κ1) is 10.2. The van der Waals surface area contributed by atoms with Crippen molar-refractivity contribution in [1.29, 1.82) is 0 Å². The molecule has 0 unspecified atom stereocenters. The monoisotopic (exact) mass is 204 g/mol. The van der Waals surface area contributed by atoms with E-state index in [-0.39, 0.29) is 0 Å². The molecular weight excluding hydrogens is 188 g/mol. The molecule has 1 heterocycles. The molecular formula is C12H16N2O. The lowest BCUT2D eigenvalue weighted by atomic mass is 10.1. The molecule has 0 aliphatic rings. The Morgan fingerprint density at radius 2 is 2.20 bits per heavy atom. The van der Waals surface area contributed by atoms with E-state index in [0.717, 1.165) is 12.1 Å². The van der Waals surface area contributed by atoms with E-state index in [0.29, 0.717) is 12.6 Å². The summed E-state index contributed by atoms with van der Waals surface area (Å²) in [5.41, 5.74) is 7.66. The number of nitrogens with two attached hydrogens (primary N) is 1. The van der Waals surface area contributed by atoms with Gasteiger partial charge in [-0.2, -0.15) is 0 Å². The van der Waals surface area contributed by atoms with Crippen LogP contribution in [0.15, 0.2) is 34.9 Å². The Bertz CT molecular complexity index is 436. The van der Waals surface area contributed by atoms with E-state index in [4.69, 9.17) is 10.2 Å². The Morgan fingerprint density at radius 3 is 3.00 bits per heavy atom. The van der Waals surface area contributed by atoms with Gasteiger partial charge in [0.2, 0.25) is 0 Å². The molecule has 80 valence electrons. The summed E-state index contributed by atoms with van der Waals surface area (Å²) in [4.78, 5) is 0. The van der Waals surface area contributed by atoms with Gasteiger partial charge in [-0.05, 0) is 13.0 Å². The van der Waals surface area contributed by atoms with Gasteiger partial charge in [-0.15, -0.1) is 0 Å². The minimum atomic E-state index is 0.332. The van der Waals surface area contributed by atoms with Gasteiger partial charge in [0, 0.05) is 30.1 Å². The van der Waals surface area contributed by atoms with Crippen LogP contribution in [0.3, 0.4) is 0 Å². The SMILES string of the molecule is C[C@@H](CN)NCc1coc2ccccc12. The molecule has 3 heteroatoms. The lowest BCUT2D eigenvalue weighted by Crippen LogP contribution is -2.32. The highest BCUT2D eigenvalue weighted by Crippen LogP contribution is 2.20. The minimum absolute atomic E-state index is 0.332. The van der Waals surface area contributed by atoms with Crippen LogP contribution in [0.5, 0.6) is 0 Å². The second kappa shape index (κ2) is 4.47. The molecule has 2 rings (SSSR count). The molecule has 0 saturated carbocycles. The van der Waals surface area contributed by atoms with E-state index < -0.39 is 0 Å². The summed E-state index contributed by atoms with van der Waals surface area (Å²) < 4.78 is 5.44. The average molecular weight is 204 g/mol. The summed E-state index contributed by atoms with van der Waals surface area (Å²) in [5, 5.41) is 4.52. The second-order valence-corrected chi connectivity index (χ2v) is 3.77. The fourth-order valence-electron chi connectivity index (χ4n) is 1.54. The number of benzene rings is 1. The predicted octanol–water partition coefficient (Wildman–Crippen LogP) is 1.87. The second-order valence-electron chi connectivity index (χ2n) is 3.77. The van der Waals surface area contributed by atoms with Crippen LogP contribution in [0.4, 0.5) is 0 Å². The van der Waals surface area contributed by atoms with E-state index in [1.807, 2.05) is 18.2 Å². The van der Waals surface area contributed by atoms with Crippen molar-refractivity contribution in [2.75, 3.05) is 6.54 Å². The van der Waals surface area contributed by atoms with Gasteiger partial charge in [0.1, 0.15) is 5.58 Å². The first-order chi connectivity index (χ1) is 7.31. The Hall–Kier alpha value is -1.32. The number of para-hydroxylation sites is 1. The maximum atomic E-state index is 5.54. The van der Waals surface area contributed by atoms with E-state index in [1.165, 1.54) is 10.9 Å². The topological polar surface area (TPSA) is 51.2 Å². The van der Waals surface area contributed by atoms with Gasteiger partial charge in [-0.25, -0.2) is 0 Å². The Labute approximate surface area is 89.3 Å². The van der Waals surface area contributed by atoms with Crippen LogP contribution in [0.2, 0.25) is 0 Å². The fraction of sp³-hybridized carbons (Fsp3) is 0.333. The molecule has 15 heavy (non-hydrogen) atoms. The van der Waals surface area contributed by atoms with Crippen LogP contribution in [-0.2, 0) is 6.54 Å². The van der Waals surface area contributed by atoms with Gasteiger partial charge in [-0.1, -0.05) is 18.2 Å². The number of rotatable bonds is 4. The molecule has 0 fully saturated rings. The zero-order valence-electron chi connectivity index (χ0n) is 8.86. The molecule has 0 bridgehead atoms. The minimum Gasteiger partial charge on any atom is -0.464 e. The molecule has 0 amide bonds. The Morgan fingerprint density at radius 1 is 1.40 bits per heavy atom. The first-order valence-electron chi connectivity index (χ1n) is 5.20. The lowest BCUT2D eigenvalue weighted by molar-refractivity contribution is 0.548. The molecule has 0 saturated heterocycles. The summed E-state index contributed by atoms with van der Waals surface area (Å²) in [6.07, 6.45) is 1.81. The van der Waals surface area contributed by atoms with E-state index in [1.54, 1.807) is 6.26 Å². The Balaban J connectivity index is 2.14. The third kappa shape index (κ3) is 2.19. The highest BCUT2D eigenvalue weighted by atomic mass is 16.3. The largest absolute Gasteiger partial charge is 0.464 e. The van der Waals surface area contributed by atoms with Crippen LogP contribution in [0.1, 0.15) is 12.5 Å². The molecule has 0 radical (unpaired) electrons. The van der Waals surface area contributed by atoms with E-state index in [9.17, 15) is 0 Å². The molecule has 1 aromatic heterocycles. The normalized spacial score (nSPS) is 13.2. The highest BCUT2D eigenvalue weighted by Gasteiger charge is 2.05. The van der Waals surface area contributed by atoms with E-state index >= 15 is 0 Å². The molecule has 1 aromatic carbocycles. The third-order valence-corrected chi connectivity index (χ3v) is 2.56. The van der Waals surface area contributed by atoms with Crippen molar-refractivity contribution in [3.8, 4) is 0 Å². The van der Waals surface area contributed by atoms with Crippen molar-refractivity contribution in [3.63, 3.8) is 0 Å². The van der Waals surface area contributed by atoms with Gasteiger partial charge >= 0.3 is 0 Å². The summed E-state index contributed by atoms with van der Waals surface area (Å²) in [5.74, 6) is 0. The summed E-state index contributed by atoms with van der Waals surface area (Å²) in [7, 11) is 0. The summed E-state index contributed by atoms with van der Waals surface area (Å²) in [6, 6.07) is 8.38. The molecule has 1 atom stereocenters. The van der Waals surface area contributed by atoms with Crippen molar-refractivity contribution in [2.45, 2.75) is 19.5 Å². The fourth-order valence-corrected chi connectivity index (χ4v) is 1.54. The van der Waals surface area contributed by atoms with Crippen molar-refractivity contribution >= 4 is 11.0 Å². The number of hydrogen-bond acceptors (Lipinski definition) is 3. The van der Waals surface area contributed by atoms with Crippen LogP contribution >= 0.6 is 0 Å². The molecule has 3 nitrogen and oxygen atoms in total. The standard InChI is InChI=1S/C12H16N2O/c1-9(6-13)14-7-10-8-15-12-5-3-2-4-11(10)12/h2-5,8-9,14H,6-7,13H2,1H3/t9-/m0/s1. The predicted molar refractivity (Wildman–Crippen MR) is 61.6 cm³/mol. The lowest BCUT2D eigenvalue weighted by Gasteiger charge is -2.09. The maximum absolute atomic E-state index is 5.54. The molecule has 0 aliphatic heterocycles. The molecule has 0 aliphatic carbocycles. The molecule has 3 N–H and O–H groups in total. The zero-order chi connectivity index (χ0) is 10.7. The van der Waals surface area contributed by atoms with Gasteiger partial charge in [0.25, 0.3) is 0 Å². The number of furan rings is 1. The number of hydrogen-bond donors (Lipinski definition) is 2. The van der Waals surface area contributed by atoms with Crippen molar-refractivity contribution in [1.82, 2.24) is 5.32 Å². The van der Waals surface area contributed by atoms with Crippen LogP contribution in [0, 0.1) is 0 Å². The molecule has 2 aromatic rings. The van der Waals surface area contributed by atoms with Gasteiger partial charge in [-0.3, -0.25) is 0 Å². The van der Waals surface area contributed by atoms with Gasteiger partial charge in [0.15, 0.2) is 0 Å². The number of nitrogens with one attached hydrogen (secondary N) is 1. The first-order valence-corrected chi connectivity index (χ1v) is 5.20. The van der Waals surface area contributed by atoms with Crippen molar-refractivity contribution in [3.05, 3.63) is 36.1 Å². The van der Waals surface area contributed by atoms with Crippen LogP contribution in [-0.4, -0.2) is 12.6 Å². The van der Waals surface area contributed by atoms with E-state index in [2.05, 4.69) is 18.3 Å². The van der Waals surface area contributed by atoms with Crippen LogP contribution < -0.4 is 11.1 Å². The van der Waals surface area contributed by atoms with Gasteiger partial charge < -0.3 is 15.5 Å². The maximum Gasteiger partial charge on any atom is 0.134 e. The number of fused-ring (bicyclic) bond motifs is 1. The molecule has 0 spiro atoms. The summed E-state index contributed by atoms with van der Waals surface area (Å²) in [6.45, 7) is 3.52.